The summed E-state index contributed by atoms with van der Waals surface area (Å²) < 4.78 is 7.76. The lowest BCUT2D eigenvalue weighted by Crippen LogP contribution is -2.10. The molecule has 7 heteroatoms. The topological polar surface area (TPSA) is 60.2 Å². The molecule has 0 fully saturated rings. The standard InChI is InChI=1S/C12H13BrClN3O2/c1-19-5-4-17-11(7-18)15-16-12(17)9-3-2-8(13)6-10(9)14/h2-3,6,18H,4-5,7H2,1H3. The minimum atomic E-state index is -0.176. The zero-order valence-corrected chi connectivity index (χ0v) is 12.6. The Hall–Kier alpha value is -0.950. The molecule has 0 aliphatic heterocycles. The minimum Gasteiger partial charge on any atom is -0.388 e. The first-order valence-electron chi connectivity index (χ1n) is 5.64. The maximum absolute atomic E-state index is 9.29. The third-order valence-corrected chi connectivity index (χ3v) is 3.47. The van der Waals surface area contributed by atoms with Crippen molar-refractivity contribution in [3.63, 3.8) is 0 Å². The zero-order valence-electron chi connectivity index (χ0n) is 10.3. The summed E-state index contributed by atoms with van der Waals surface area (Å²) in [7, 11) is 1.62. The average Bonchev–Trinajstić information content (AvgIpc) is 2.79. The first-order valence-corrected chi connectivity index (χ1v) is 6.81. The highest BCUT2D eigenvalue weighted by atomic mass is 79.9. The normalized spacial score (nSPS) is 10.9. The van der Waals surface area contributed by atoms with E-state index in [0.29, 0.717) is 29.8 Å². The molecule has 1 aromatic heterocycles. The van der Waals surface area contributed by atoms with Crippen LogP contribution in [0.2, 0.25) is 5.02 Å². The summed E-state index contributed by atoms with van der Waals surface area (Å²) in [6, 6.07) is 5.54. The Labute approximate surface area is 124 Å². The average molecular weight is 347 g/mol. The van der Waals surface area contributed by atoms with Crippen LogP contribution < -0.4 is 0 Å². The van der Waals surface area contributed by atoms with Crippen LogP contribution in [0, 0.1) is 0 Å². The van der Waals surface area contributed by atoms with Crippen LogP contribution in [0.25, 0.3) is 11.4 Å². The number of aliphatic hydroxyl groups excluding tert-OH is 1. The van der Waals surface area contributed by atoms with Crippen molar-refractivity contribution < 1.29 is 9.84 Å². The first-order chi connectivity index (χ1) is 9.17. The van der Waals surface area contributed by atoms with Crippen molar-refractivity contribution in [3.05, 3.63) is 33.5 Å². The molecule has 2 aromatic rings. The van der Waals surface area contributed by atoms with Crippen LogP contribution in [0.5, 0.6) is 0 Å². The molecule has 0 bridgehead atoms. The number of halogens is 2. The van der Waals surface area contributed by atoms with E-state index in [9.17, 15) is 5.11 Å². The number of hydrogen-bond donors (Lipinski definition) is 1. The first kappa shape index (κ1) is 14.5. The third-order valence-electron chi connectivity index (χ3n) is 2.66. The molecule has 0 spiro atoms. The van der Waals surface area contributed by atoms with Gasteiger partial charge in [-0.1, -0.05) is 27.5 Å². The number of methoxy groups -OCH3 is 1. The van der Waals surface area contributed by atoms with E-state index in [2.05, 4.69) is 26.1 Å². The second-order valence-electron chi connectivity index (χ2n) is 3.87. The zero-order chi connectivity index (χ0) is 13.8. The summed E-state index contributed by atoms with van der Waals surface area (Å²) in [4.78, 5) is 0. The lowest BCUT2D eigenvalue weighted by atomic mass is 10.2. The largest absolute Gasteiger partial charge is 0.388 e. The molecule has 0 atom stereocenters. The molecule has 102 valence electrons. The summed E-state index contributed by atoms with van der Waals surface area (Å²) in [6.07, 6.45) is 0. The van der Waals surface area contributed by atoms with Gasteiger partial charge in [0.25, 0.3) is 0 Å². The minimum absolute atomic E-state index is 0.176. The highest BCUT2D eigenvalue weighted by molar-refractivity contribution is 9.10. The van der Waals surface area contributed by atoms with E-state index in [1.54, 1.807) is 17.7 Å². The fourth-order valence-electron chi connectivity index (χ4n) is 1.74. The molecule has 0 unspecified atom stereocenters. The van der Waals surface area contributed by atoms with Gasteiger partial charge in [0.2, 0.25) is 0 Å². The fourth-order valence-corrected chi connectivity index (χ4v) is 2.50. The highest BCUT2D eigenvalue weighted by Gasteiger charge is 2.15. The Kier molecular flexibility index (Phi) is 4.93. The molecule has 0 saturated heterocycles. The number of aromatic nitrogens is 3. The van der Waals surface area contributed by atoms with Crippen LogP contribution in [0.15, 0.2) is 22.7 Å². The summed E-state index contributed by atoms with van der Waals surface area (Å²) >= 11 is 9.58. The quantitative estimate of drug-likeness (QED) is 0.903. The fraction of sp³-hybridized carbons (Fsp3) is 0.333. The van der Waals surface area contributed by atoms with E-state index in [4.69, 9.17) is 16.3 Å². The van der Waals surface area contributed by atoms with Gasteiger partial charge in [0, 0.05) is 23.7 Å². The Morgan fingerprint density at radius 1 is 1.42 bits per heavy atom. The van der Waals surface area contributed by atoms with Crippen LogP contribution in [0.1, 0.15) is 5.82 Å². The maximum atomic E-state index is 9.29. The highest BCUT2D eigenvalue weighted by Crippen LogP contribution is 2.29. The number of rotatable bonds is 5. The Balaban J connectivity index is 2.46. The van der Waals surface area contributed by atoms with Crippen molar-refractivity contribution in [1.29, 1.82) is 0 Å². The van der Waals surface area contributed by atoms with Crippen LogP contribution in [-0.2, 0) is 17.9 Å². The van der Waals surface area contributed by atoms with Gasteiger partial charge in [-0.3, -0.25) is 0 Å². The van der Waals surface area contributed by atoms with Crippen LogP contribution >= 0.6 is 27.5 Å². The van der Waals surface area contributed by atoms with Gasteiger partial charge in [-0.25, -0.2) is 0 Å². The molecular weight excluding hydrogens is 334 g/mol. The van der Waals surface area contributed by atoms with E-state index in [1.807, 2.05) is 12.1 Å². The van der Waals surface area contributed by atoms with Crippen molar-refractivity contribution in [3.8, 4) is 11.4 Å². The monoisotopic (exact) mass is 345 g/mol. The predicted octanol–water partition coefficient (Wildman–Crippen LogP) is 2.50. The molecule has 0 aliphatic rings. The molecule has 0 saturated carbocycles. The van der Waals surface area contributed by atoms with Gasteiger partial charge in [-0.05, 0) is 18.2 Å². The maximum Gasteiger partial charge on any atom is 0.165 e. The SMILES string of the molecule is COCCn1c(CO)nnc1-c1ccc(Br)cc1Cl. The van der Waals surface area contributed by atoms with E-state index in [0.717, 1.165) is 10.0 Å². The van der Waals surface area contributed by atoms with Crippen LogP contribution in [-0.4, -0.2) is 33.6 Å². The molecular formula is C12H13BrClN3O2. The van der Waals surface area contributed by atoms with Crippen molar-refractivity contribution in [2.75, 3.05) is 13.7 Å². The Morgan fingerprint density at radius 2 is 2.21 bits per heavy atom. The molecule has 1 heterocycles. The Morgan fingerprint density at radius 3 is 2.84 bits per heavy atom. The molecule has 1 aromatic carbocycles. The van der Waals surface area contributed by atoms with Gasteiger partial charge >= 0.3 is 0 Å². The van der Waals surface area contributed by atoms with Crippen molar-refractivity contribution >= 4 is 27.5 Å². The third kappa shape index (κ3) is 3.14. The van der Waals surface area contributed by atoms with Gasteiger partial charge in [-0.2, -0.15) is 0 Å². The lowest BCUT2D eigenvalue weighted by Gasteiger charge is -2.10. The van der Waals surface area contributed by atoms with E-state index < -0.39 is 0 Å². The number of hydrogen-bond acceptors (Lipinski definition) is 4. The van der Waals surface area contributed by atoms with E-state index in [1.165, 1.54) is 0 Å². The second-order valence-corrected chi connectivity index (χ2v) is 5.19. The summed E-state index contributed by atoms with van der Waals surface area (Å²) in [6.45, 7) is 0.887. The van der Waals surface area contributed by atoms with Crippen molar-refractivity contribution in [1.82, 2.24) is 14.8 Å². The second kappa shape index (κ2) is 6.47. The predicted molar refractivity (Wildman–Crippen MR) is 76.0 cm³/mol. The summed E-state index contributed by atoms with van der Waals surface area (Å²) in [5.74, 6) is 1.12. The molecule has 5 nitrogen and oxygen atoms in total. The van der Waals surface area contributed by atoms with Gasteiger partial charge in [-0.15, -0.1) is 10.2 Å². The number of aliphatic hydroxyl groups is 1. The van der Waals surface area contributed by atoms with Crippen molar-refractivity contribution in [2.24, 2.45) is 0 Å². The molecule has 19 heavy (non-hydrogen) atoms. The van der Waals surface area contributed by atoms with Gasteiger partial charge in [0.1, 0.15) is 6.61 Å². The number of ether oxygens (including phenoxy) is 1. The van der Waals surface area contributed by atoms with Crippen LogP contribution in [0.3, 0.4) is 0 Å². The van der Waals surface area contributed by atoms with Gasteiger partial charge in [0.05, 0.1) is 11.6 Å². The lowest BCUT2D eigenvalue weighted by molar-refractivity contribution is 0.183. The molecule has 1 N–H and O–H groups in total. The van der Waals surface area contributed by atoms with E-state index >= 15 is 0 Å². The van der Waals surface area contributed by atoms with Gasteiger partial charge < -0.3 is 14.4 Å². The molecule has 0 amide bonds. The number of nitrogens with zero attached hydrogens (tertiary/aromatic N) is 3. The smallest absolute Gasteiger partial charge is 0.165 e. The molecule has 0 radical (unpaired) electrons. The van der Waals surface area contributed by atoms with Crippen molar-refractivity contribution in [2.45, 2.75) is 13.2 Å². The Bertz CT molecular complexity index is 574. The molecule has 2 rings (SSSR count). The van der Waals surface area contributed by atoms with Gasteiger partial charge in [0.15, 0.2) is 11.6 Å². The number of benzene rings is 1. The summed E-state index contributed by atoms with van der Waals surface area (Å²) in [5, 5.41) is 17.9. The molecule has 0 aliphatic carbocycles. The summed E-state index contributed by atoms with van der Waals surface area (Å²) in [5.41, 5.74) is 0.771. The van der Waals surface area contributed by atoms with Crippen LogP contribution in [0.4, 0.5) is 0 Å². The van der Waals surface area contributed by atoms with E-state index in [-0.39, 0.29) is 6.61 Å².